The van der Waals surface area contributed by atoms with E-state index >= 15 is 0 Å². The molecule has 0 saturated heterocycles. The minimum absolute atomic E-state index is 0.0229. The van der Waals surface area contributed by atoms with E-state index in [1.165, 1.54) is 79.7 Å². The van der Waals surface area contributed by atoms with Gasteiger partial charge in [-0.25, -0.2) is 12.8 Å². The number of rotatable bonds is 6. The maximum Gasteiger partial charge on any atom is 0.261 e. The van der Waals surface area contributed by atoms with Crippen molar-refractivity contribution >= 4 is 38.9 Å². The number of halogens is 1. The van der Waals surface area contributed by atoms with Gasteiger partial charge in [0.05, 0.1) is 4.90 Å². The molecule has 0 aliphatic carbocycles. The van der Waals surface area contributed by atoms with Gasteiger partial charge in [0.15, 0.2) is 0 Å². The zero-order valence-electron chi connectivity index (χ0n) is 15.8. The second-order valence-electron chi connectivity index (χ2n) is 6.35. The smallest absolute Gasteiger partial charge is 0.261 e. The molecular weight excluding hydrogens is 409 g/mol. The SMILES string of the molecule is CC(=O)Nc1ccc(S(=O)(=O)Nc2ccc(C(=O)Nc3ccc(F)cc3)cc2)cc1. The molecule has 9 heteroatoms. The quantitative estimate of drug-likeness (QED) is 0.556. The van der Waals surface area contributed by atoms with Crippen molar-refractivity contribution in [2.45, 2.75) is 11.8 Å². The maximum atomic E-state index is 12.9. The molecule has 0 aliphatic rings. The van der Waals surface area contributed by atoms with Gasteiger partial charge in [-0.3, -0.25) is 14.3 Å². The van der Waals surface area contributed by atoms with Crippen molar-refractivity contribution in [2.24, 2.45) is 0 Å². The van der Waals surface area contributed by atoms with Crippen LogP contribution in [0.1, 0.15) is 17.3 Å². The van der Waals surface area contributed by atoms with E-state index in [0.29, 0.717) is 16.9 Å². The standard InChI is InChI=1S/C21H18FN3O4S/c1-14(26)23-17-10-12-20(13-11-17)30(28,29)25-19-6-2-15(3-7-19)21(27)24-18-8-4-16(22)5-9-18/h2-13,25H,1H3,(H,23,26)(H,24,27). The molecule has 0 aliphatic heterocycles. The van der Waals surface area contributed by atoms with Crippen LogP contribution in [-0.4, -0.2) is 20.2 Å². The Kier molecular flexibility index (Phi) is 6.12. The van der Waals surface area contributed by atoms with E-state index in [9.17, 15) is 22.4 Å². The first-order valence-electron chi connectivity index (χ1n) is 8.80. The molecule has 0 saturated carbocycles. The molecule has 0 atom stereocenters. The molecular formula is C21H18FN3O4S. The molecule has 30 heavy (non-hydrogen) atoms. The second kappa shape index (κ2) is 8.75. The van der Waals surface area contributed by atoms with Crippen molar-refractivity contribution in [3.8, 4) is 0 Å². The Labute approximate surface area is 173 Å². The number of nitrogens with one attached hydrogen (secondary N) is 3. The summed E-state index contributed by atoms with van der Waals surface area (Å²) in [5, 5.41) is 5.18. The van der Waals surface area contributed by atoms with E-state index in [1.54, 1.807) is 0 Å². The summed E-state index contributed by atoms with van der Waals surface area (Å²) >= 11 is 0. The van der Waals surface area contributed by atoms with E-state index in [-0.39, 0.29) is 16.5 Å². The third-order valence-electron chi connectivity index (χ3n) is 3.99. The van der Waals surface area contributed by atoms with Crippen LogP contribution in [0.3, 0.4) is 0 Å². The van der Waals surface area contributed by atoms with Crippen LogP contribution in [-0.2, 0) is 14.8 Å². The van der Waals surface area contributed by atoms with Gasteiger partial charge >= 0.3 is 0 Å². The zero-order chi connectivity index (χ0) is 21.7. The minimum atomic E-state index is -3.84. The zero-order valence-corrected chi connectivity index (χ0v) is 16.7. The maximum absolute atomic E-state index is 12.9. The number of hydrogen-bond acceptors (Lipinski definition) is 4. The Morgan fingerprint density at radius 1 is 0.733 bits per heavy atom. The Morgan fingerprint density at radius 2 is 1.23 bits per heavy atom. The summed E-state index contributed by atoms with van der Waals surface area (Å²) in [5.41, 5.74) is 1.51. The summed E-state index contributed by atoms with van der Waals surface area (Å²) in [4.78, 5) is 23.3. The van der Waals surface area contributed by atoms with E-state index in [1.807, 2.05) is 0 Å². The molecule has 0 bridgehead atoms. The molecule has 0 spiro atoms. The van der Waals surface area contributed by atoms with Crippen LogP contribution in [0.5, 0.6) is 0 Å². The molecule has 3 rings (SSSR count). The number of sulfonamides is 1. The summed E-state index contributed by atoms with van der Waals surface area (Å²) in [6.07, 6.45) is 0. The molecule has 0 unspecified atom stereocenters. The second-order valence-corrected chi connectivity index (χ2v) is 8.03. The molecule has 0 aromatic heterocycles. The molecule has 0 radical (unpaired) electrons. The van der Waals surface area contributed by atoms with Crippen LogP contribution in [0.2, 0.25) is 0 Å². The van der Waals surface area contributed by atoms with Gasteiger partial charge < -0.3 is 10.6 Å². The Hall–Kier alpha value is -3.72. The summed E-state index contributed by atoms with van der Waals surface area (Å²) in [6, 6.07) is 16.9. The number of carbonyl (C=O) groups is 2. The van der Waals surface area contributed by atoms with Gasteiger partial charge in [0, 0.05) is 29.5 Å². The van der Waals surface area contributed by atoms with E-state index < -0.39 is 21.7 Å². The normalized spacial score (nSPS) is 10.9. The van der Waals surface area contributed by atoms with Crippen molar-refractivity contribution in [3.05, 3.63) is 84.2 Å². The Balaban J connectivity index is 1.67. The Bertz CT molecular complexity index is 1160. The average Bonchev–Trinajstić information content (AvgIpc) is 2.70. The van der Waals surface area contributed by atoms with Gasteiger partial charge in [-0.1, -0.05) is 0 Å². The van der Waals surface area contributed by atoms with Crippen molar-refractivity contribution in [1.29, 1.82) is 0 Å². The first kappa shape index (κ1) is 21.0. The molecule has 0 fully saturated rings. The van der Waals surface area contributed by atoms with Crippen LogP contribution in [0.25, 0.3) is 0 Å². The summed E-state index contributed by atoms with van der Waals surface area (Å²) in [5.74, 6) is -1.08. The molecule has 154 valence electrons. The number of anilines is 3. The highest BCUT2D eigenvalue weighted by atomic mass is 32.2. The van der Waals surface area contributed by atoms with E-state index in [0.717, 1.165) is 0 Å². The first-order valence-corrected chi connectivity index (χ1v) is 10.3. The molecule has 3 aromatic carbocycles. The van der Waals surface area contributed by atoms with Gasteiger partial charge in [0.25, 0.3) is 15.9 Å². The predicted molar refractivity (Wildman–Crippen MR) is 112 cm³/mol. The van der Waals surface area contributed by atoms with Crippen LogP contribution in [0, 0.1) is 5.82 Å². The highest BCUT2D eigenvalue weighted by Gasteiger charge is 2.15. The molecule has 3 aromatic rings. The van der Waals surface area contributed by atoms with Gasteiger partial charge in [0.2, 0.25) is 5.91 Å². The fourth-order valence-electron chi connectivity index (χ4n) is 2.56. The molecule has 3 N–H and O–H groups in total. The molecule has 0 heterocycles. The lowest BCUT2D eigenvalue weighted by atomic mass is 10.2. The Morgan fingerprint density at radius 3 is 1.80 bits per heavy atom. The number of carbonyl (C=O) groups excluding carboxylic acids is 2. The molecule has 2 amide bonds. The number of benzene rings is 3. The topological polar surface area (TPSA) is 104 Å². The fourth-order valence-corrected chi connectivity index (χ4v) is 3.62. The van der Waals surface area contributed by atoms with E-state index in [2.05, 4.69) is 15.4 Å². The summed E-state index contributed by atoms with van der Waals surface area (Å²) < 4.78 is 40.4. The lowest BCUT2D eigenvalue weighted by Crippen LogP contribution is -2.14. The largest absolute Gasteiger partial charge is 0.326 e. The van der Waals surface area contributed by atoms with Gasteiger partial charge in [-0.2, -0.15) is 0 Å². The fraction of sp³-hybridized carbons (Fsp3) is 0.0476. The van der Waals surface area contributed by atoms with Crippen molar-refractivity contribution in [2.75, 3.05) is 15.4 Å². The highest BCUT2D eigenvalue weighted by molar-refractivity contribution is 7.92. The monoisotopic (exact) mass is 427 g/mol. The average molecular weight is 427 g/mol. The van der Waals surface area contributed by atoms with Crippen molar-refractivity contribution in [1.82, 2.24) is 0 Å². The minimum Gasteiger partial charge on any atom is -0.326 e. The van der Waals surface area contributed by atoms with Gasteiger partial charge in [-0.15, -0.1) is 0 Å². The van der Waals surface area contributed by atoms with E-state index in [4.69, 9.17) is 0 Å². The molecule has 7 nitrogen and oxygen atoms in total. The van der Waals surface area contributed by atoms with Crippen LogP contribution in [0.4, 0.5) is 21.5 Å². The highest BCUT2D eigenvalue weighted by Crippen LogP contribution is 2.19. The van der Waals surface area contributed by atoms with Crippen LogP contribution < -0.4 is 15.4 Å². The lowest BCUT2D eigenvalue weighted by Gasteiger charge is -2.10. The van der Waals surface area contributed by atoms with Gasteiger partial charge in [-0.05, 0) is 72.8 Å². The lowest BCUT2D eigenvalue weighted by molar-refractivity contribution is -0.114. The summed E-state index contributed by atoms with van der Waals surface area (Å²) in [7, 11) is -3.84. The first-order chi connectivity index (χ1) is 14.2. The van der Waals surface area contributed by atoms with Crippen LogP contribution >= 0.6 is 0 Å². The number of hydrogen-bond donors (Lipinski definition) is 3. The third-order valence-corrected chi connectivity index (χ3v) is 5.38. The third kappa shape index (κ3) is 5.42. The number of amides is 2. The summed E-state index contributed by atoms with van der Waals surface area (Å²) in [6.45, 7) is 1.36. The van der Waals surface area contributed by atoms with Crippen LogP contribution in [0.15, 0.2) is 77.7 Å². The van der Waals surface area contributed by atoms with Gasteiger partial charge in [0.1, 0.15) is 5.82 Å². The predicted octanol–water partition coefficient (Wildman–Crippen LogP) is 3.84. The van der Waals surface area contributed by atoms with Crippen molar-refractivity contribution < 1.29 is 22.4 Å². The van der Waals surface area contributed by atoms with Crippen molar-refractivity contribution in [3.63, 3.8) is 0 Å².